The third kappa shape index (κ3) is 3.11. The van der Waals surface area contributed by atoms with Gasteiger partial charge in [0, 0.05) is 22.8 Å². The Hall–Kier alpha value is -2.00. The number of nitrogens with two attached hydrogens (primary N) is 1. The van der Waals surface area contributed by atoms with Crippen molar-refractivity contribution in [1.82, 2.24) is 25.0 Å². The summed E-state index contributed by atoms with van der Waals surface area (Å²) in [4.78, 5) is 23.1. The first kappa shape index (κ1) is 14.4. The number of amides is 1. The number of nitrogens with zero attached hydrogens (tertiary/aromatic N) is 4. The van der Waals surface area contributed by atoms with Gasteiger partial charge in [-0.2, -0.15) is 0 Å². The highest BCUT2D eigenvalue weighted by Gasteiger charge is 2.09. The minimum absolute atomic E-state index is 0.0618. The van der Waals surface area contributed by atoms with E-state index in [0.717, 1.165) is 4.47 Å². The van der Waals surface area contributed by atoms with Gasteiger partial charge in [-0.3, -0.25) is 15.0 Å². The normalized spacial score (nSPS) is 10.6. The Kier molecular flexibility index (Phi) is 4.30. The Morgan fingerprint density at radius 2 is 2.20 bits per heavy atom. The summed E-state index contributed by atoms with van der Waals surface area (Å²) in [6, 6.07) is 1.76. The lowest BCUT2D eigenvalue weighted by molar-refractivity contribution is 0.0948. The number of hydrazine groups is 1. The summed E-state index contributed by atoms with van der Waals surface area (Å²) in [5.74, 6) is 4.50. The van der Waals surface area contributed by atoms with Crippen LogP contribution in [-0.2, 0) is 13.1 Å². The Morgan fingerprint density at radius 3 is 2.90 bits per heavy atom. The van der Waals surface area contributed by atoms with Crippen LogP contribution in [0.4, 0.5) is 0 Å². The molecule has 0 aliphatic carbocycles. The molecular formula is C11H13BrN6O2. The van der Waals surface area contributed by atoms with E-state index in [1.165, 1.54) is 10.9 Å². The summed E-state index contributed by atoms with van der Waals surface area (Å²) >= 11 is 3.34. The van der Waals surface area contributed by atoms with Crippen molar-refractivity contribution in [3.8, 4) is 0 Å². The molecule has 0 aliphatic rings. The number of aryl methyl sites for hydroxylation is 3. The predicted molar refractivity (Wildman–Crippen MR) is 74.8 cm³/mol. The highest BCUT2D eigenvalue weighted by Crippen LogP contribution is 2.08. The van der Waals surface area contributed by atoms with Crippen molar-refractivity contribution in [3.05, 3.63) is 44.5 Å². The van der Waals surface area contributed by atoms with E-state index in [1.54, 1.807) is 23.8 Å². The fraction of sp³-hybridized carbons (Fsp3) is 0.273. The predicted octanol–water partition coefficient (Wildman–Crippen LogP) is -0.186. The molecule has 8 nitrogen and oxygen atoms in total. The summed E-state index contributed by atoms with van der Waals surface area (Å²) in [6.45, 7) is 2.59. The van der Waals surface area contributed by atoms with E-state index in [9.17, 15) is 9.59 Å². The van der Waals surface area contributed by atoms with Gasteiger partial charge in [0.1, 0.15) is 0 Å². The van der Waals surface area contributed by atoms with Crippen molar-refractivity contribution in [3.63, 3.8) is 0 Å². The van der Waals surface area contributed by atoms with Crippen LogP contribution in [-0.4, -0.2) is 25.5 Å². The van der Waals surface area contributed by atoms with Crippen LogP contribution in [0.3, 0.4) is 0 Å². The Morgan fingerprint density at radius 1 is 1.45 bits per heavy atom. The van der Waals surface area contributed by atoms with Crippen LogP contribution in [0.5, 0.6) is 0 Å². The first-order valence-corrected chi connectivity index (χ1v) is 6.58. The van der Waals surface area contributed by atoms with Gasteiger partial charge >= 0.3 is 0 Å². The molecule has 3 N–H and O–H groups in total. The molecule has 9 heteroatoms. The van der Waals surface area contributed by atoms with Gasteiger partial charge in [0.25, 0.3) is 11.5 Å². The topological polar surface area (TPSA) is 108 Å². The maximum absolute atomic E-state index is 11.9. The molecule has 1 amide bonds. The number of rotatable bonds is 4. The van der Waals surface area contributed by atoms with E-state index < -0.39 is 5.91 Å². The van der Waals surface area contributed by atoms with Crippen molar-refractivity contribution >= 4 is 21.8 Å². The second kappa shape index (κ2) is 5.97. The molecule has 0 spiro atoms. The number of hydrogen-bond donors (Lipinski definition) is 2. The molecule has 0 aliphatic heterocycles. The van der Waals surface area contributed by atoms with Gasteiger partial charge in [-0.05, 0) is 28.9 Å². The fourth-order valence-electron chi connectivity index (χ4n) is 1.70. The van der Waals surface area contributed by atoms with E-state index in [4.69, 9.17) is 5.84 Å². The van der Waals surface area contributed by atoms with Gasteiger partial charge in [0.2, 0.25) is 0 Å². The first-order valence-electron chi connectivity index (χ1n) is 5.79. The van der Waals surface area contributed by atoms with E-state index >= 15 is 0 Å². The van der Waals surface area contributed by atoms with E-state index in [1.807, 2.05) is 5.43 Å². The zero-order valence-electron chi connectivity index (χ0n) is 10.7. The number of halogens is 1. The number of hydrogen-bond acceptors (Lipinski definition) is 5. The van der Waals surface area contributed by atoms with Crippen LogP contribution < -0.4 is 16.8 Å². The number of carbonyl (C=O) groups is 1. The van der Waals surface area contributed by atoms with E-state index in [2.05, 4.69) is 26.2 Å². The van der Waals surface area contributed by atoms with Crippen LogP contribution >= 0.6 is 15.9 Å². The van der Waals surface area contributed by atoms with E-state index in [-0.39, 0.29) is 11.3 Å². The summed E-state index contributed by atoms with van der Waals surface area (Å²) in [6.07, 6.45) is 3.18. The smallest absolute Gasteiger partial charge is 0.287 e. The third-order valence-corrected chi connectivity index (χ3v) is 3.14. The molecule has 2 aromatic heterocycles. The third-order valence-electron chi connectivity index (χ3n) is 2.70. The Labute approximate surface area is 122 Å². The van der Waals surface area contributed by atoms with Crippen molar-refractivity contribution in [2.24, 2.45) is 5.84 Å². The second-order valence-electron chi connectivity index (χ2n) is 4.18. The number of nitrogens with one attached hydrogen (secondary N) is 1. The fourth-order valence-corrected chi connectivity index (χ4v) is 2.29. The molecule has 106 valence electrons. The lowest BCUT2D eigenvalue weighted by Crippen LogP contribution is -2.30. The number of pyridine rings is 1. The molecule has 0 radical (unpaired) electrons. The first-order chi connectivity index (χ1) is 9.51. The van der Waals surface area contributed by atoms with Crippen LogP contribution in [0.15, 0.2) is 27.7 Å². The highest BCUT2D eigenvalue weighted by atomic mass is 79.9. The maximum Gasteiger partial charge on any atom is 0.287 e. The molecule has 0 saturated carbocycles. The second-order valence-corrected chi connectivity index (χ2v) is 5.10. The lowest BCUT2D eigenvalue weighted by atomic mass is 10.3. The van der Waals surface area contributed by atoms with Gasteiger partial charge < -0.3 is 4.57 Å². The average Bonchev–Trinajstić information content (AvgIpc) is 2.89. The van der Waals surface area contributed by atoms with Crippen LogP contribution in [0.1, 0.15) is 16.1 Å². The molecule has 0 bridgehead atoms. The standard InChI is InChI=1S/C11H13BrN6O2/c1-7-4-8(12)5-17(11(7)20)2-3-18-6-9(15-16-18)10(19)14-13/h4-6H,2-3,13H2,1H3,(H,14,19). The molecule has 2 aromatic rings. The summed E-state index contributed by atoms with van der Waals surface area (Å²) < 4.78 is 3.88. The van der Waals surface area contributed by atoms with Gasteiger partial charge in [-0.15, -0.1) is 5.10 Å². The van der Waals surface area contributed by atoms with Crippen LogP contribution in [0.25, 0.3) is 0 Å². The van der Waals surface area contributed by atoms with Gasteiger partial charge in [0.15, 0.2) is 5.69 Å². The maximum atomic E-state index is 11.9. The Bertz CT molecular complexity index is 692. The minimum Gasteiger partial charge on any atom is -0.312 e. The zero-order valence-corrected chi connectivity index (χ0v) is 12.3. The molecular weight excluding hydrogens is 328 g/mol. The van der Waals surface area contributed by atoms with Crippen LogP contribution in [0, 0.1) is 6.92 Å². The molecule has 0 saturated heterocycles. The van der Waals surface area contributed by atoms with Crippen molar-refractivity contribution in [2.45, 2.75) is 20.0 Å². The average molecular weight is 341 g/mol. The lowest BCUT2D eigenvalue weighted by Gasteiger charge is -2.07. The van der Waals surface area contributed by atoms with E-state index in [0.29, 0.717) is 18.7 Å². The summed E-state index contributed by atoms with van der Waals surface area (Å²) in [7, 11) is 0. The monoisotopic (exact) mass is 340 g/mol. The quantitative estimate of drug-likeness (QED) is 0.455. The number of aromatic nitrogens is 4. The van der Waals surface area contributed by atoms with Gasteiger partial charge in [-0.1, -0.05) is 5.21 Å². The number of carbonyl (C=O) groups excluding carboxylic acids is 1. The Balaban J connectivity index is 2.11. The molecule has 0 aromatic carbocycles. The van der Waals surface area contributed by atoms with Gasteiger partial charge in [0.05, 0.1) is 12.7 Å². The zero-order chi connectivity index (χ0) is 14.7. The van der Waals surface area contributed by atoms with Gasteiger partial charge in [-0.25, -0.2) is 10.5 Å². The summed E-state index contributed by atoms with van der Waals surface area (Å²) in [5.41, 5.74) is 2.70. The van der Waals surface area contributed by atoms with Crippen molar-refractivity contribution < 1.29 is 4.79 Å². The minimum atomic E-state index is -0.508. The van der Waals surface area contributed by atoms with Crippen LogP contribution in [0.2, 0.25) is 0 Å². The summed E-state index contributed by atoms with van der Waals surface area (Å²) in [5, 5.41) is 7.48. The SMILES string of the molecule is Cc1cc(Br)cn(CCn2cc(C(=O)NN)nn2)c1=O. The molecule has 2 rings (SSSR count). The largest absolute Gasteiger partial charge is 0.312 e. The van der Waals surface area contributed by atoms with Crippen molar-refractivity contribution in [1.29, 1.82) is 0 Å². The number of nitrogen functional groups attached to an aromatic ring is 1. The highest BCUT2D eigenvalue weighted by molar-refractivity contribution is 9.10. The molecule has 0 fully saturated rings. The molecule has 20 heavy (non-hydrogen) atoms. The molecule has 0 atom stereocenters. The molecule has 0 unspecified atom stereocenters. The van der Waals surface area contributed by atoms with Crippen molar-refractivity contribution in [2.75, 3.05) is 0 Å². The molecule has 2 heterocycles.